The van der Waals surface area contributed by atoms with Crippen molar-refractivity contribution in [1.29, 1.82) is 0 Å². The molecule has 3 rings (SSSR count). The van der Waals surface area contributed by atoms with Crippen molar-refractivity contribution in [3.05, 3.63) is 30.3 Å². The number of hydrogen-bond acceptors (Lipinski definition) is 7. The van der Waals surface area contributed by atoms with Crippen molar-refractivity contribution in [3.63, 3.8) is 0 Å². The van der Waals surface area contributed by atoms with Gasteiger partial charge in [0, 0.05) is 6.04 Å². The lowest BCUT2D eigenvalue weighted by molar-refractivity contribution is 0.229. The third-order valence-corrected chi connectivity index (χ3v) is 9.69. The lowest BCUT2D eigenvalue weighted by Gasteiger charge is -2.30. The third kappa shape index (κ3) is 4.22. The molecule has 0 amide bonds. The molecule has 0 bridgehead atoms. The van der Waals surface area contributed by atoms with Gasteiger partial charge in [0.15, 0.2) is 19.7 Å². The minimum Gasteiger partial charge on any atom is -0.237 e. The monoisotopic (exact) mass is 408 g/mol. The van der Waals surface area contributed by atoms with E-state index >= 15 is 0 Å². The Labute approximate surface area is 148 Å². The molecule has 2 aliphatic heterocycles. The molecule has 25 heavy (non-hydrogen) atoms. The fraction of sp³-hybridized carbons (Fsp3) is 0.571. The molecule has 0 aromatic heterocycles. The van der Waals surface area contributed by atoms with Crippen molar-refractivity contribution in [3.8, 4) is 0 Å². The lowest BCUT2D eigenvalue weighted by Crippen LogP contribution is -2.54. The van der Waals surface area contributed by atoms with Crippen molar-refractivity contribution in [2.75, 3.05) is 23.0 Å². The first-order chi connectivity index (χ1) is 11.6. The van der Waals surface area contributed by atoms with Crippen LogP contribution in [-0.4, -0.2) is 64.8 Å². The van der Waals surface area contributed by atoms with E-state index in [1.165, 1.54) is 12.1 Å². The van der Waals surface area contributed by atoms with Gasteiger partial charge in [-0.1, -0.05) is 18.2 Å². The average Bonchev–Trinajstić information content (AvgIpc) is 3.07. The van der Waals surface area contributed by atoms with Crippen LogP contribution in [0.5, 0.6) is 0 Å². The van der Waals surface area contributed by atoms with Crippen molar-refractivity contribution in [2.45, 2.75) is 29.8 Å². The predicted octanol–water partition coefficient (Wildman–Crippen LogP) is -0.444. The molecule has 8 nitrogen and oxygen atoms in total. The normalized spacial score (nSPS) is 28.4. The molecule has 140 valence electrons. The summed E-state index contributed by atoms with van der Waals surface area (Å²) in [5, 5.41) is 0. The summed E-state index contributed by atoms with van der Waals surface area (Å²) in [5.41, 5.74) is 2.79. The highest BCUT2D eigenvalue weighted by atomic mass is 32.2. The molecule has 2 aliphatic rings. The molecule has 0 spiro atoms. The number of sulfonamides is 1. The van der Waals surface area contributed by atoms with Gasteiger partial charge in [-0.05, 0) is 25.0 Å². The molecule has 2 heterocycles. The molecule has 0 saturated carbocycles. The molecule has 1 aromatic carbocycles. The summed E-state index contributed by atoms with van der Waals surface area (Å²) >= 11 is 0. The Morgan fingerprint density at radius 1 is 0.920 bits per heavy atom. The van der Waals surface area contributed by atoms with Crippen molar-refractivity contribution < 1.29 is 25.3 Å². The fourth-order valence-electron chi connectivity index (χ4n) is 3.11. The van der Waals surface area contributed by atoms with Crippen molar-refractivity contribution in [2.24, 2.45) is 0 Å². The Kier molecular flexibility index (Phi) is 4.97. The maximum absolute atomic E-state index is 13.0. The van der Waals surface area contributed by atoms with Gasteiger partial charge in [-0.25, -0.2) is 30.7 Å². The summed E-state index contributed by atoms with van der Waals surface area (Å²) in [6, 6.07) is 6.40. The van der Waals surface area contributed by atoms with Gasteiger partial charge in [0.2, 0.25) is 0 Å². The van der Waals surface area contributed by atoms with E-state index in [0.29, 0.717) is 6.42 Å². The van der Waals surface area contributed by atoms with Gasteiger partial charge < -0.3 is 0 Å². The largest absolute Gasteiger partial charge is 0.256 e. The second-order valence-electron chi connectivity index (χ2n) is 6.40. The van der Waals surface area contributed by atoms with Gasteiger partial charge >= 0.3 is 0 Å². The summed E-state index contributed by atoms with van der Waals surface area (Å²) in [4.78, 5) is 0.0349. The number of hydrazine groups is 1. The zero-order chi connectivity index (χ0) is 18.3. The molecule has 2 atom stereocenters. The smallest absolute Gasteiger partial charge is 0.237 e. The number of hydrogen-bond donors (Lipinski definition) is 1. The van der Waals surface area contributed by atoms with E-state index in [9.17, 15) is 25.3 Å². The van der Waals surface area contributed by atoms with Crippen LogP contribution in [0.4, 0.5) is 0 Å². The van der Waals surface area contributed by atoms with Gasteiger partial charge in [-0.15, -0.1) is 4.41 Å². The maximum Gasteiger partial charge on any atom is 0.256 e. The zero-order valence-electron chi connectivity index (χ0n) is 13.4. The van der Waals surface area contributed by atoms with Crippen LogP contribution in [0.2, 0.25) is 0 Å². The minimum absolute atomic E-state index is 0.00709. The van der Waals surface area contributed by atoms with E-state index in [1.807, 2.05) is 0 Å². The molecule has 2 fully saturated rings. The lowest BCUT2D eigenvalue weighted by atomic mass is 10.2. The first kappa shape index (κ1) is 18.8. The zero-order valence-corrected chi connectivity index (χ0v) is 15.9. The second kappa shape index (κ2) is 6.62. The number of benzene rings is 1. The number of nitrogens with one attached hydrogen (secondary N) is 1. The topological polar surface area (TPSA) is 118 Å². The first-order valence-corrected chi connectivity index (χ1v) is 12.9. The highest BCUT2D eigenvalue weighted by Crippen LogP contribution is 2.25. The van der Waals surface area contributed by atoms with Gasteiger partial charge in [-0.2, -0.15) is 0 Å². The van der Waals surface area contributed by atoms with E-state index in [4.69, 9.17) is 0 Å². The molecule has 1 N–H and O–H groups in total. The average molecular weight is 409 g/mol. The summed E-state index contributed by atoms with van der Waals surface area (Å²) in [5.74, 6) is -0.519. The van der Waals surface area contributed by atoms with Gasteiger partial charge in [-0.3, -0.25) is 0 Å². The number of sulfone groups is 2. The van der Waals surface area contributed by atoms with Crippen LogP contribution in [0.15, 0.2) is 35.2 Å². The Balaban J connectivity index is 1.92. The van der Waals surface area contributed by atoms with Crippen molar-refractivity contribution >= 4 is 29.7 Å². The van der Waals surface area contributed by atoms with Crippen LogP contribution < -0.4 is 5.43 Å². The van der Waals surface area contributed by atoms with Crippen LogP contribution in [0.3, 0.4) is 0 Å². The summed E-state index contributed by atoms with van der Waals surface area (Å²) in [6.45, 7) is 0. The first-order valence-electron chi connectivity index (χ1n) is 7.86. The molecular weight excluding hydrogens is 388 g/mol. The molecule has 2 saturated heterocycles. The SMILES string of the molecule is O=S1(=O)CC[C@@H](NN([C@H]2CCS(=O)(=O)C2)S(=O)(=O)c2ccccc2)C1. The molecule has 1 aromatic rings. The van der Waals surface area contributed by atoms with E-state index in [-0.39, 0.29) is 34.3 Å². The summed E-state index contributed by atoms with van der Waals surface area (Å²) in [7, 11) is -10.5. The standard InChI is InChI=1S/C14H20N2O6S3/c17-23(18)8-6-12(10-23)15-16(13-7-9-24(19,20)11-13)25(21,22)14-4-2-1-3-5-14/h1-5,12-13,15H,6-11H2/t12-,13+/m1/s1. The third-order valence-electron chi connectivity index (χ3n) is 4.38. The Bertz CT molecular complexity index is 942. The summed E-state index contributed by atoms with van der Waals surface area (Å²) < 4.78 is 73.9. The number of nitrogens with zero attached hydrogens (tertiary/aromatic N) is 1. The number of rotatable bonds is 5. The van der Waals surface area contributed by atoms with Crippen LogP contribution in [0, 0.1) is 0 Å². The Hall–Kier alpha value is -1.01. The van der Waals surface area contributed by atoms with E-state index < -0.39 is 41.8 Å². The summed E-state index contributed by atoms with van der Waals surface area (Å²) in [6.07, 6.45) is 0.476. The second-order valence-corrected chi connectivity index (χ2v) is 12.7. The van der Waals surface area contributed by atoms with E-state index in [2.05, 4.69) is 5.43 Å². The molecule has 0 unspecified atom stereocenters. The van der Waals surface area contributed by atoms with Crippen LogP contribution >= 0.6 is 0 Å². The van der Waals surface area contributed by atoms with Crippen LogP contribution in [0.1, 0.15) is 12.8 Å². The quantitative estimate of drug-likeness (QED) is 0.656. The van der Waals surface area contributed by atoms with E-state index in [0.717, 1.165) is 4.41 Å². The molecule has 0 aliphatic carbocycles. The van der Waals surface area contributed by atoms with E-state index in [1.54, 1.807) is 18.2 Å². The molecule has 0 radical (unpaired) electrons. The van der Waals surface area contributed by atoms with Crippen molar-refractivity contribution in [1.82, 2.24) is 9.84 Å². The van der Waals surface area contributed by atoms with Gasteiger partial charge in [0.25, 0.3) is 10.0 Å². The maximum atomic E-state index is 13.0. The van der Waals surface area contributed by atoms with Gasteiger partial charge in [0.05, 0.1) is 33.9 Å². The molecular formula is C14H20N2O6S3. The highest BCUT2D eigenvalue weighted by molar-refractivity contribution is 7.92. The fourth-order valence-corrected chi connectivity index (χ4v) is 8.16. The van der Waals surface area contributed by atoms with Crippen LogP contribution in [0.25, 0.3) is 0 Å². The Morgan fingerprint density at radius 3 is 2.04 bits per heavy atom. The predicted molar refractivity (Wildman–Crippen MR) is 92.7 cm³/mol. The van der Waals surface area contributed by atoms with Crippen LogP contribution in [-0.2, 0) is 29.7 Å². The van der Waals surface area contributed by atoms with Gasteiger partial charge in [0.1, 0.15) is 0 Å². The Morgan fingerprint density at radius 2 is 1.52 bits per heavy atom. The molecule has 11 heteroatoms. The highest BCUT2D eigenvalue weighted by Gasteiger charge is 2.41. The minimum atomic E-state index is -4.00.